The number of rotatable bonds is 4. The molecule has 2 aliphatic rings. The Labute approximate surface area is 200 Å². The van der Waals surface area contributed by atoms with Gasteiger partial charge in [0, 0.05) is 30.9 Å². The first-order valence-corrected chi connectivity index (χ1v) is 11.0. The Morgan fingerprint density at radius 2 is 1.97 bits per heavy atom. The first-order chi connectivity index (χ1) is 16.4. The number of para-hydroxylation sites is 1. The molecule has 34 heavy (non-hydrogen) atoms. The van der Waals surface area contributed by atoms with Gasteiger partial charge in [-0.05, 0) is 48.4 Å². The molecule has 1 aromatic heterocycles. The molecular formula is C24H21ClFN7O. The van der Waals surface area contributed by atoms with Crippen molar-refractivity contribution in [1.29, 1.82) is 0 Å². The highest BCUT2D eigenvalue weighted by atomic mass is 35.5. The average Bonchev–Trinajstić information content (AvgIpc) is 3.32. The van der Waals surface area contributed by atoms with E-state index in [1.807, 2.05) is 13.0 Å². The molecule has 0 saturated heterocycles. The van der Waals surface area contributed by atoms with E-state index in [9.17, 15) is 9.18 Å². The standard InChI is InChI=1S/C24H21ClFN7O/c1-13-9-17(25)20(31-24(34)30-19-6-4-3-5-18(19)26)11-15(13)16-10-14-12-29-23(27-2)32-21(14)33-8-7-28-22(16)33/h3-6,9-12H,7-8H2,1-2H3,(H,27,29,32)(H2,30,31,34). The number of carbonyl (C=O) groups excluding carboxylic acids is 1. The number of benzene rings is 2. The molecule has 0 unspecified atom stereocenters. The van der Waals surface area contributed by atoms with Gasteiger partial charge in [-0.15, -0.1) is 0 Å². The third-order valence-corrected chi connectivity index (χ3v) is 5.94. The number of aliphatic imine (C=N–C) groups is 1. The van der Waals surface area contributed by atoms with Gasteiger partial charge in [0.1, 0.15) is 17.5 Å². The molecular weight excluding hydrogens is 457 g/mol. The molecule has 3 heterocycles. The number of nitrogens with one attached hydrogen (secondary N) is 3. The van der Waals surface area contributed by atoms with Gasteiger partial charge >= 0.3 is 6.03 Å². The van der Waals surface area contributed by atoms with Crippen molar-refractivity contribution in [2.75, 3.05) is 41.0 Å². The fourth-order valence-electron chi connectivity index (χ4n) is 4.02. The normalized spacial score (nSPS) is 14.1. The van der Waals surface area contributed by atoms with E-state index < -0.39 is 11.8 Å². The van der Waals surface area contributed by atoms with Crippen molar-refractivity contribution in [1.82, 2.24) is 9.97 Å². The quantitative estimate of drug-likeness (QED) is 0.489. The first kappa shape index (κ1) is 21.8. The Hall–Kier alpha value is -3.98. The van der Waals surface area contributed by atoms with Crippen LogP contribution in [0.1, 0.15) is 16.7 Å². The van der Waals surface area contributed by atoms with Crippen LogP contribution in [0.4, 0.5) is 32.3 Å². The molecule has 0 atom stereocenters. The summed E-state index contributed by atoms with van der Waals surface area (Å²) in [6.07, 6.45) is 3.77. The Balaban J connectivity index is 1.50. The zero-order valence-electron chi connectivity index (χ0n) is 18.5. The van der Waals surface area contributed by atoms with Crippen molar-refractivity contribution in [3.05, 3.63) is 70.1 Å². The molecule has 2 aromatic carbocycles. The summed E-state index contributed by atoms with van der Waals surface area (Å²) in [4.78, 5) is 28.3. The second kappa shape index (κ2) is 8.75. The number of aryl methyl sites for hydroxylation is 1. The number of nitrogens with zero attached hydrogens (tertiary/aromatic N) is 4. The van der Waals surface area contributed by atoms with Crippen LogP contribution in [-0.2, 0) is 0 Å². The maximum Gasteiger partial charge on any atom is 0.323 e. The van der Waals surface area contributed by atoms with Crippen LogP contribution in [-0.4, -0.2) is 42.0 Å². The lowest BCUT2D eigenvalue weighted by molar-refractivity contribution is 0.262. The Bertz CT molecular complexity index is 1370. The Morgan fingerprint density at radius 1 is 1.18 bits per heavy atom. The van der Waals surface area contributed by atoms with Gasteiger partial charge in [-0.2, -0.15) is 4.98 Å². The minimum Gasteiger partial charge on any atom is -0.357 e. The highest BCUT2D eigenvalue weighted by Crippen LogP contribution is 2.38. The number of amides is 2. The number of carbonyl (C=O) groups is 1. The van der Waals surface area contributed by atoms with Crippen molar-refractivity contribution < 1.29 is 9.18 Å². The van der Waals surface area contributed by atoms with Gasteiger partial charge in [-0.1, -0.05) is 23.7 Å². The molecule has 2 aliphatic heterocycles. The minimum absolute atomic E-state index is 0.0759. The molecule has 3 N–H and O–H groups in total. The molecule has 5 rings (SSSR count). The predicted octanol–water partition coefficient (Wildman–Crippen LogP) is 5.04. The van der Waals surface area contributed by atoms with Crippen LogP contribution in [0.15, 0.2) is 47.6 Å². The largest absolute Gasteiger partial charge is 0.357 e. The topological polar surface area (TPSA) is 94.5 Å². The van der Waals surface area contributed by atoms with Gasteiger partial charge in [0.25, 0.3) is 0 Å². The van der Waals surface area contributed by atoms with Crippen molar-refractivity contribution in [2.45, 2.75) is 6.92 Å². The van der Waals surface area contributed by atoms with Crippen molar-refractivity contribution in [2.24, 2.45) is 4.99 Å². The van der Waals surface area contributed by atoms with E-state index >= 15 is 0 Å². The van der Waals surface area contributed by atoms with E-state index in [4.69, 9.17) is 16.6 Å². The molecule has 0 saturated carbocycles. The van der Waals surface area contributed by atoms with Crippen molar-refractivity contribution in [3.63, 3.8) is 0 Å². The first-order valence-electron chi connectivity index (χ1n) is 10.7. The number of anilines is 4. The molecule has 0 bridgehead atoms. The molecule has 3 aromatic rings. The number of urea groups is 1. The van der Waals surface area contributed by atoms with Crippen LogP contribution in [0.5, 0.6) is 0 Å². The summed E-state index contributed by atoms with van der Waals surface area (Å²) in [5.41, 5.74) is 4.01. The fraction of sp³-hybridized carbons (Fsp3) is 0.167. The number of fused-ring (bicyclic) bond motifs is 3. The molecule has 172 valence electrons. The van der Waals surface area contributed by atoms with Gasteiger partial charge in [0.15, 0.2) is 0 Å². The second-order valence-corrected chi connectivity index (χ2v) is 8.25. The van der Waals surface area contributed by atoms with Crippen LogP contribution in [0.2, 0.25) is 5.02 Å². The summed E-state index contributed by atoms with van der Waals surface area (Å²) in [5.74, 6) is 1.62. The SMILES string of the molecule is CNc1ncc2c(n1)N1CCN=C1C(c1cc(NC(=O)Nc3ccccc3F)c(Cl)cc1C)=C2. The van der Waals surface area contributed by atoms with Gasteiger partial charge in [0.2, 0.25) is 5.95 Å². The van der Waals surface area contributed by atoms with E-state index in [2.05, 4.69) is 30.8 Å². The summed E-state index contributed by atoms with van der Waals surface area (Å²) in [6, 6.07) is 8.94. The third-order valence-electron chi connectivity index (χ3n) is 5.63. The molecule has 0 spiro atoms. The van der Waals surface area contributed by atoms with Gasteiger partial charge in [0.05, 0.1) is 22.9 Å². The molecule has 0 radical (unpaired) electrons. The Kier molecular flexibility index (Phi) is 5.62. The van der Waals surface area contributed by atoms with E-state index in [-0.39, 0.29) is 5.69 Å². The minimum atomic E-state index is -0.599. The molecule has 0 aliphatic carbocycles. The smallest absolute Gasteiger partial charge is 0.323 e. The van der Waals surface area contributed by atoms with E-state index in [1.165, 1.54) is 12.1 Å². The lowest BCUT2D eigenvalue weighted by Crippen LogP contribution is -2.32. The Morgan fingerprint density at radius 3 is 2.76 bits per heavy atom. The van der Waals surface area contributed by atoms with E-state index in [0.717, 1.165) is 33.9 Å². The average molecular weight is 478 g/mol. The van der Waals surface area contributed by atoms with Crippen LogP contribution < -0.4 is 20.9 Å². The van der Waals surface area contributed by atoms with Crippen LogP contribution in [0.25, 0.3) is 11.6 Å². The van der Waals surface area contributed by atoms with Crippen molar-refractivity contribution in [3.8, 4) is 0 Å². The number of hydrogen-bond donors (Lipinski definition) is 3. The lowest BCUT2D eigenvalue weighted by atomic mass is 9.94. The summed E-state index contributed by atoms with van der Waals surface area (Å²) in [5, 5.41) is 8.57. The maximum atomic E-state index is 13.9. The van der Waals surface area contributed by atoms with E-state index in [1.54, 1.807) is 37.5 Å². The zero-order valence-corrected chi connectivity index (χ0v) is 19.2. The molecule has 2 amide bonds. The van der Waals surface area contributed by atoms with Gasteiger partial charge in [-0.3, -0.25) is 4.99 Å². The van der Waals surface area contributed by atoms with E-state index in [0.29, 0.717) is 29.7 Å². The van der Waals surface area contributed by atoms with Crippen LogP contribution in [0.3, 0.4) is 0 Å². The number of hydrogen-bond acceptors (Lipinski definition) is 6. The number of halogens is 2. The highest BCUT2D eigenvalue weighted by molar-refractivity contribution is 6.37. The number of amidine groups is 1. The van der Waals surface area contributed by atoms with Crippen LogP contribution in [0, 0.1) is 12.7 Å². The number of aromatic nitrogens is 2. The van der Waals surface area contributed by atoms with Crippen LogP contribution >= 0.6 is 11.6 Å². The fourth-order valence-corrected chi connectivity index (χ4v) is 4.29. The maximum absolute atomic E-state index is 13.9. The van der Waals surface area contributed by atoms with Gasteiger partial charge < -0.3 is 20.9 Å². The summed E-state index contributed by atoms with van der Waals surface area (Å²) in [7, 11) is 1.78. The van der Waals surface area contributed by atoms with Gasteiger partial charge in [-0.25, -0.2) is 14.2 Å². The summed E-state index contributed by atoms with van der Waals surface area (Å²) < 4.78 is 13.9. The van der Waals surface area contributed by atoms with Crippen molar-refractivity contribution >= 4 is 58.3 Å². The molecule has 8 nitrogen and oxygen atoms in total. The lowest BCUT2D eigenvalue weighted by Gasteiger charge is -2.28. The monoisotopic (exact) mass is 477 g/mol. The second-order valence-electron chi connectivity index (χ2n) is 7.84. The zero-order chi connectivity index (χ0) is 23.8. The third kappa shape index (κ3) is 3.94. The highest BCUT2D eigenvalue weighted by Gasteiger charge is 2.31. The predicted molar refractivity (Wildman–Crippen MR) is 134 cm³/mol. The summed E-state index contributed by atoms with van der Waals surface area (Å²) in [6.45, 7) is 3.30. The summed E-state index contributed by atoms with van der Waals surface area (Å²) >= 11 is 6.44. The molecule has 10 heteroatoms. The molecule has 0 fully saturated rings.